The lowest BCUT2D eigenvalue weighted by Gasteiger charge is -2.27. The lowest BCUT2D eigenvalue weighted by molar-refractivity contribution is -0.144. The zero-order valence-corrected chi connectivity index (χ0v) is 20.5. The van der Waals surface area contributed by atoms with Crippen molar-refractivity contribution < 1.29 is 14.3 Å². The molecule has 0 amide bonds. The fourth-order valence-electron chi connectivity index (χ4n) is 4.23. The van der Waals surface area contributed by atoms with Gasteiger partial charge >= 0.3 is 5.97 Å². The van der Waals surface area contributed by atoms with E-state index in [9.17, 15) is 9.59 Å². The molecule has 178 valence electrons. The number of halogens is 2. The Kier molecular flexibility index (Phi) is 8.37. The standard InChI is InChI=1S/C23H29Cl2N5O3/c1-4-17(14(11-33-13(2)31)7-16-10-27-12-30(16)3)22(32)18-5-6-28-23(18)29-21-19(24)8-15(26)9-20(21)25/h8-10,12,14,17-18H,4-7,11,26H2,1-3H3,(H,28,29). The number of hydrogen-bond acceptors (Lipinski definition) is 6. The Bertz CT molecular complexity index is 1030. The number of nitrogen functional groups attached to an aromatic ring is 1. The molecular formula is C23H29Cl2N5O3. The topological polar surface area (TPSA) is 112 Å². The number of hydrogen-bond donors (Lipinski definition) is 2. The van der Waals surface area contributed by atoms with Crippen molar-refractivity contribution >= 4 is 52.2 Å². The average Bonchev–Trinajstić information content (AvgIpc) is 3.37. The minimum absolute atomic E-state index is 0.0586. The molecule has 2 heterocycles. The zero-order valence-electron chi connectivity index (χ0n) is 19.0. The predicted molar refractivity (Wildman–Crippen MR) is 130 cm³/mol. The molecule has 0 aliphatic carbocycles. The molecule has 1 aliphatic heterocycles. The normalized spacial score (nSPS) is 18.7. The third-order valence-corrected chi connectivity index (χ3v) is 6.52. The molecule has 3 N–H and O–H groups in total. The van der Waals surface area contributed by atoms with Crippen LogP contribution >= 0.6 is 23.2 Å². The molecular weight excluding hydrogens is 465 g/mol. The third kappa shape index (κ3) is 6.06. The Morgan fingerprint density at radius 1 is 1.36 bits per heavy atom. The number of imidazole rings is 1. The number of benzene rings is 1. The van der Waals surface area contributed by atoms with Crippen LogP contribution < -0.4 is 11.1 Å². The van der Waals surface area contributed by atoms with Gasteiger partial charge in [0.15, 0.2) is 0 Å². The molecule has 33 heavy (non-hydrogen) atoms. The van der Waals surface area contributed by atoms with Crippen molar-refractivity contribution in [2.75, 3.05) is 18.9 Å². The van der Waals surface area contributed by atoms with Gasteiger partial charge in [-0.3, -0.25) is 9.59 Å². The van der Waals surface area contributed by atoms with Crippen LogP contribution in [0, 0.1) is 17.8 Å². The van der Waals surface area contributed by atoms with Crippen molar-refractivity contribution in [2.45, 2.75) is 33.1 Å². The molecule has 1 saturated heterocycles. The number of nitrogens with one attached hydrogen (secondary N) is 1. The second kappa shape index (κ2) is 11.0. The Hall–Kier alpha value is -2.58. The highest BCUT2D eigenvalue weighted by molar-refractivity contribution is 6.39. The molecule has 0 saturated carbocycles. The Morgan fingerprint density at radius 3 is 2.64 bits per heavy atom. The lowest BCUT2D eigenvalue weighted by Crippen LogP contribution is -2.36. The van der Waals surface area contributed by atoms with Gasteiger partial charge < -0.3 is 20.4 Å². The summed E-state index contributed by atoms with van der Waals surface area (Å²) in [6, 6.07) is 3.16. The Balaban J connectivity index is 1.88. The molecule has 2 aromatic rings. The summed E-state index contributed by atoms with van der Waals surface area (Å²) in [6.07, 6.45) is 5.27. The van der Waals surface area contributed by atoms with E-state index in [1.54, 1.807) is 24.7 Å². The SMILES string of the molecule is CCC(C(=O)C1CCN/C1=N\c1c(Cl)cc(N)cc1Cl)C(COC(C)=O)Cc1cncn1C. The van der Waals surface area contributed by atoms with Gasteiger partial charge in [-0.2, -0.15) is 0 Å². The maximum Gasteiger partial charge on any atom is 0.302 e. The number of nitrogens with zero attached hydrogens (tertiary/aromatic N) is 3. The molecule has 8 nitrogen and oxygen atoms in total. The smallest absolute Gasteiger partial charge is 0.302 e. The van der Waals surface area contributed by atoms with Crippen molar-refractivity contribution in [3.05, 3.63) is 40.4 Å². The average molecular weight is 494 g/mol. The molecule has 1 fully saturated rings. The highest BCUT2D eigenvalue weighted by Gasteiger charge is 2.37. The number of aliphatic imine (C=N–C) groups is 1. The molecule has 0 radical (unpaired) electrons. The maximum atomic E-state index is 13.7. The van der Waals surface area contributed by atoms with Gasteiger partial charge in [0.05, 0.1) is 28.9 Å². The second-order valence-corrected chi connectivity index (χ2v) is 9.09. The molecule has 1 aromatic carbocycles. The van der Waals surface area contributed by atoms with Gasteiger partial charge in [0, 0.05) is 49.9 Å². The van der Waals surface area contributed by atoms with Crippen LogP contribution in [-0.4, -0.2) is 40.3 Å². The monoisotopic (exact) mass is 493 g/mol. The summed E-state index contributed by atoms with van der Waals surface area (Å²) in [4.78, 5) is 34.0. The number of ketones is 1. The van der Waals surface area contributed by atoms with E-state index in [2.05, 4.69) is 15.3 Å². The van der Waals surface area contributed by atoms with Gasteiger partial charge in [0.1, 0.15) is 17.3 Å². The van der Waals surface area contributed by atoms with Crippen molar-refractivity contribution in [1.82, 2.24) is 14.9 Å². The van der Waals surface area contributed by atoms with Crippen molar-refractivity contribution in [2.24, 2.45) is 29.8 Å². The first-order valence-electron chi connectivity index (χ1n) is 10.9. The zero-order chi connectivity index (χ0) is 24.1. The quantitative estimate of drug-likeness (QED) is 0.403. The number of anilines is 1. The number of aromatic nitrogens is 2. The van der Waals surface area contributed by atoms with Crippen LogP contribution in [0.5, 0.6) is 0 Å². The van der Waals surface area contributed by atoms with Crippen LogP contribution in [0.1, 0.15) is 32.4 Å². The van der Waals surface area contributed by atoms with E-state index in [4.69, 9.17) is 33.7 Å². The number of carbonyl (C=O) groups is 2. The van der Waals surface area contributed by atoms with E-state index in [1.807, 2.05) is 18.5 Å². The molecule has 1 aliphatic rings. The molecule has 3 atom stereocenters. The summed E-state index contributed by atoms with van der Waals surface area (Å²) in [5.74, 6) is -0.711. The fraction of sp³-hybridized carbons (Fsp3) is 0.478. The van der Waals surface area contributed by atoms with Crippen molar-refractivity contribution in [3.63, 3.8) is 0 Å². The molecule has 0 bridgehead atoms. The van der Waals surface area contributed by atoms with Crippen LogP contribution in [-0.2, 0) is 27.8 Å². The summed E-state index contributed by atoms with van der Waals surface area (Å²) >= 11 is 12.6. The fourth-order valence-corrected chi connectivity index (χ4v) is 4.82. The minimum atomic E-state index is -0.425. The highest BCUT2D eigenvalue weighted by atomic mass is 35.5. The van der Waals surface area contributed by atoms with E-state index >= 15 is 0 Å². The van der Waals surface area contributed by atoms with Gasteiger partial charge in [-0.1, -0.05) is 30.1 Å². The van der Waals surface area contributed by atoms with Crippen LogP contribution in [0.3, 0.4) is 0 Å². The largest absolute Gasteiger partial charge is 0.466 e. The highest BCUT2D eigenvalue weighted by Crippen LogP contribution is 2.37. The number of carbonyl (C=O) groups excluding carboxylic acids is 2. The van der Waals surface area contributed by atoms with E-state index in [0.29, 0.717) is 53.1 Å². The first kappa shape index (κ1) is 25.1. The summed E-state index contributed by atoms with van der Waals surface area (Å²) in [7, 11) is 1.90. The number of esters is 1. The van der Waals surface area contributed by atoms with E-state index < -0.39 is 5.92 Å². The second-order valence-electron chi connectivity index (χ2n) is 8.28. The lowest BCUT2D eigenvalue weighted by atomic mass is 9.79. The number of aryl methyl sites for hydroxylation is 1. The number of nitrogens with two attached hydrogens (primary N) is 1. The molecule has 3 rings (SSSR count). The van der Waals surface area contributed by atoms with Crippen LogP contribution in [0.25, 0.3) is 0 Å². The van der Waals surface area contributed by atoms with Gasteiger partial charge in [0.25, 0.3) is 0 Å². The number of amidine groups is 1. The molecule has 3 unspecified atom stereocenters. The minimum Gasteiger partial charge on any atom is -0.466 e. The van der Waals surface area contributed by atoms with Crippen molar-refractivity contribution in [3.8, 4) is 0 Å². The molecule has 10 heteroatoms. The number of ether oxygens (including phenoxy) is 1. The predicted octanol–water partition coefficient (Wildman–Crippen LogP) is 3.97. The van der Waals surface area contributed by atoms with Gasteiger partial charge in [-0.05, 0) is 31.4 Å². The third-order valence-electron chi connectivity index (χ3n) is 5.95. The van der Waals surface area contributed by atoms with Crippen molar-refractivity contribution in [1.29, 1.82) is 0 Å². The maximum absolute atomic E-state index is 13.7. The summed E-state index contributed by atoms with van der Waals surface area (Å²) in [5, 5.41) is 3.85. The van der Waals surface area contributed by atoms with Crippen LogP contribution in [0.4, 0.5) is 11.4 Å². The Morgan fingerprint density at radius 2 is 2.06 bits per heavy atom. The van der Waals surface area contributed by atoms with E-state index in [0.717, 1.165) is 5.69 Å². The number of rotatable bonds is 9. The van der Waals surface area contributed by atoms with E-state index in [-0.39, 0.29) is 30.2 Å². The first-order chi connectivity index (χ1) is 15.7. The molecule has 1 aromatic heterocycles. The first-order valence-corrected chi connectivity index (χ1v) is 11.7. The van der Waals surface area contributed by atoms with Gasteiger partial charge in [0.2, 0.25) is 0 Å². The summed E-state index contributed by atoms with van der Waals surface area (Å²) < 4.78 is 7.25. The van der Waals surface area contributed by atoms with Crippen LogP contribution in [0.15, 0.2) is 29.6 Å². The Labute approximate surface area is 203 Å². The van der Waals surface area contributed by atoms with Gasteiger partial charge in [-0.15, -0.1) is 0 Å². The summed E-state index contributed by atoms with van der Waals surface area (Å²) in [6.45, 7) is 4.12. The van der Waals surface area contributed by atoms with Crippen LogP contribution in [0.2, 0.25) is 10.0 Å². The van der Waals surface area contributed by atoms with Gasteiger partial charge in [-0.25, -0.2) is 9.98 Å². The molecule has 0 spiro atoms. The summed E-state index contributed by atoms with van der Waals surface area (Å²) in [5.41, 5.74) is 7.58. The number of Topliss-reactive ketones (excluding diaryl/α,β-unsaturated/α-hetero) is 1. The van der Waals surface area contributed by atoms with E-state index in [1.165, 1.54) is 6.92 Å².